The van der Waals surface area contributed by atoms with Crippen molar-refractivity contribution in [1.82, 2.24) is 24.6 Å². The average molecular weight is 487 g/mol. The smallest absolute Gasteiger partial charge is 0.264 e. The first-order valence-electron chi connectivity index (χ1n) is 9.20. The van der Waals surface area contributed by atoms with Gasteiger partial charge in [0.05, 0.1) is 19.3 Å². The third kappa shape index (κ3) is 4.44. The first kappa shape index (κ1) is 20.3. The number of amides is 1. The maximum absolute atomic E-state index is 12.8. The zero-order chi connectivity index (χ0) is 21.1. The largest absolute Gasteiger partial charge is 0.350 e. The highest BCUT2D eigenvalue weighted by Crippen LogP contribution is 2.13. The molecule has 0 atom stereocenters. The molecule has 1 amide bonds. The van der Waals surface area contributed by atoms with E-state index >= 15 is 0 Å². The second-order valence-corrected chi connectivity index (χ2v) is 8.03. The molecule has 0 aliphatic carbocycles. The summed E-state index contributed by atoms with van der Waals surface area (Å²) in [5.41, 5.74) is 1.79. The van der Waals surface area contributed by atoms with E-state index < -0.39 is 0 Å². The van der Waals surface area contributed by atoms with Crippen LogP contribution in [0, 0.1) is 0 Å². The van der Waals surface area contributed by atoms with E-state index in [-0.39, 0.29) is 11.5 Å². The SMILES string of the molecule is O=C(NCCn1ncc2c(=O)n(Cc3cccc(Cl)c3)cnc21)c1cccc(Br)c1. The van der Waals surface area contributed by atoms with Gasteiger partial charge < -0.3 is 5.32 Å². The molecule has 0 saturated carbocycles. The molecule has 2 heterocycles. The molecule has 0 fully saturated rings. The van der Waals surface area contributed by atoms with Crippen molar-refractivity contribution in [2.24, 2.45) is 0 Å². The monoisotopic (exact) mass is 485 g/mol. The Bertz CT molecular complexity index is 1280. The van der Waals surface area contributed by atoms with E-state index in [4.69, 9.17) is 11.6 Å². The number of fused-ring (bicyclic) bond motifs is 1. The molecule has 0 bridgehead atoms. The third-order valence-electron chi connectivity index (χ3n) is 4.56. The normalized spacial score (nSPS) is 11.0. The van der Waals surface area contributed by atoms with E-state index in [1.165, 1.54) is 17.1 Å². The van der Waals surface area contributed by atoms with Crippen molar-refractivity contribution in [3.63, 3.8) is 0 Å². The molecule has 9 heteroatoms. The van der Waals surface area contributed by atoms with E-state index in [0.29, 0.717) is 41.3 Å². The summed E-state index contributed by atoms with van der Waals surface area (Å²) in [6.45, 7) is 1.12. The van der Waals surface area contributed by atoms with E-state index in [9.17, 15) is 9.59 Å². The minimum atomic E-state index is -0.176. The van der Waals surface area contributed by atoms with Crippen molar-refractivity contribution < 1.29 is 4.79 Å². The fourth-order valence-electron chi connectivity index (χ4n) is 3.11. The first-order chi connectivity index (χ1) is 14.5. The van der Waals surface area contributed by atoms with Gasteiger partial charge >= 0.3 is 0 Å². The Balaban J connectivity index is 1.46. The topological polar surface area (TPSA) is 81.8 Å². The van der Waals surface area contributed by atoms with Crippen molar-refractivity contribution in [2.45, 2.75) is 13.1 Å². The lowest BCUT2D eigenvalue weighted by atomic mass is 10.2. The summed E-state index contributed by atoms with van der Waals surface area (Å²) in [7, 11) is 0. The van der Waals surface area contributed by atoms with Gasteiger partial charge in [-0.2, -0.15) is 5.10 Å². The van der Waals surface area contributed by atoms with Crippen LogP contribution in [-0.2, 0) is 13.1 Å². The van der Waals surface area contributed by atoms with E-state index in [1.54, 1.807) is 28.9 Å². The summed E-state index contributed by atoms with van der Waals surface area (Å²) < 4.78 is 3.97. The van der Waals surface area contributed by atoms with Crippen LogP contribution in [0.5, 0.6) is 0 Å². The molecule has 0 radical (unpaired) electrons. The van der Waals surface area contributed by atoms with E-state index in [2.05, 4.69) is 31.3 Å². The van der Waals surface area contributed by atoms with Gasteiger partial charge in [0, 0.05) is 21.6 Å². The Morgan fingerprint density at radius 2 is 2.00 bits per heavy atom. The van der Waals surface area contributed by atoms with Crippen LogP contribution in [0.25, 0.3) is 11.0 Å². The van der Waals surface area contributed by atoms with Crippen LogP contribution in [0.1, 0.15) is 15.9 Å². The van der Waals surface area contributed by atoms with Crippen LogP contribution in [-0.4, -0.2) is 31.8 Å². The van der Waals surface area contributed by atoms with E-state index in [1.807, 2.05) is 24.3 Å². The fraction of sp³-hybridized carbons (Fsp3) is 0.143. The molecule has 2 aromatic heterocycles. The Morgan fingerprint density at radius 1 is 1.17 bits per heavy atom. The van der Waals surface area contributed by atoms with Gasteiger partial charge in [0.15, 0.2) is 5.65 Å². The van der Waals surface area contributed by atoms with Crippen LogP contribution in [0.3, 0.4) is 0 Å². The number of carbonyl (C=O) groups is 1. The number of halogens is 2. The van der Waals surface area contributed by atoms with Gasteiger partial charge in [-0.25, -0.2) is 9.67 Å². The molecule has 30 heavy (non-hydrogen) atoms. The van der Waals surface area contributed by atoms with Crippen molar-refractivity contribution >= 4 is 44.5 Å². The molecular weight excluding hydrogens is 470 g/mol. The number of hydrogen-bond donors (Lipinski definition) is 1. The highest BCUT2D eigenvalue weighted by Gasteiger charge is 2.11. The summed E-state index contributed by atoms with van der Waals surface area (Å²) in [5, 5.41) is 8.16. The molecule has 2 aromatic carbocycles. The zero-order valence-corrected chi connectivity index (χ0v) is 18.1. The van der Waals surface area contributed by atoms with Crippen molar-refractivity contribution in [3.05, 3.63) is 92.0 Å². The number of benzene rings is 2. The second-order valence-electron chi connectivity index (χ2n) is 6.68. The van der Waals surface area contributed by atoms with Crippen LogP contribution >= 0.6 is 27.5 Å². The molecule has 0 aliphatic heterocycles. The minimum Gasteiger partial charge on any atom is -0.350 e. The van der Waals surface area contributed by atoms with Gasteiger partial charge in [-0.3, -0.25) is 14.2 Å². The van der Waals surface area contributed by atoms with Gasteiger partial charge in [0.2, 0.25) is 0 Å². The zero-order valence-electron chi connectivity index (χ0n) is 15.8. The maximum Gasteiger partial charge on any atom is 0.264 e. The lowest BCUT2D eigenvalue weighted by molar-refractivity contribution is 0.0952. The molecular formula is C21H17BrClN5O2. The molecule has 4 rings (SSSR count). The van der Waals surface area contributed by atoms with Crippen molar-refractivity contribution in [1.29, 1.82) is 0 Å². The van der Waals surface area contributed by atoms with Crippen LogP contribution in [0.2, 0.25) is 5.02 Å². The Hall–Kier alpha value is -2.97. The molecule has 1 N–H and O–H groups in total. The summed E-state index contributed by atoms with van der Waals surface area (Å²) in [6, 6.07) is 14.5. The quantitative estimate of drug-likeness (QED) is 0.452. The second kappa shape index (κ2) is 8.81. The predicted octanol–water partition coefficient (Wildman–Crippen LogP) is 3.49. The van der Waals surface area contributed by atoms with Gasteiger partial charge in [0.1, 0.15) is 11.7 Å². The number of hydrogen-bond acceptors (Lipinski definition) is 4. The Labute approximate surface area is 185 Å². The van der Waals surface area contributed by atoms with Crippen LogP contribution in [0.4, 0.5) is 0 Å². The number of carbonyl (C=O) groups excluding carboxylic acids is 1. The highest BCUT2D eigenvalue weighted by molar-refractivity contribution is 9.10. The third-order valence-corrected chi connectivity index (χ3v) is 5.29. The number of nitrogens with zero attached hydrogens (tertiary/aromatic N) is 4. The van der Waals surface area contributed by atoms with Gasteiger partial charge in [0.25, 0.3) is 11.5 Å². The molecule has 0 aliphatic rings. The van der Waals surface area contributed by atoms with Crippen LogP contribution in [0.15, 0.2) is 70.3 Å². The van der Waals surface area contributed by atoms with Gasteiger partial charge in [-0.1, -0.05) is 45.7 Å². The lowest BCUT2D eigenvalue weighted by Crippen LogP contribution is -2.27. The van der Waals surface area contributed by atoms with Crippen LogP contribution < -0.4 is 10.9 Å². The Kier molecular flexibility index (Phi) is 5.96. The summed E-state index contributed by atoms with van der Waals surface area (Å²) in [4.78, 5) is 29.4. The molecule has 7 nitrogen and oxygen atoms in total. The predicted molar refractivity (Wildman–Crippen MR) is 119 cm³/mol. The van der Waals surface area contributed by atoms with Gasteiger partial charge in [-0.15, -0.1) is 0 Å². The number of aromatic nitrogens is 4. The standard InChI is InChI=1S/C21H17BrClN5O2/c22-16-5-2-4-15(10-16)20(29)24-7-8-28-19-18(11-26-28)21(30)27(13-25-19)12-14-3-1-6-17(23)9-14/h1-6,9-11,13H,7-8,12H2,(H,24,29). The summed E-state index contributed by atoms with van der Waals surface area (Å²) in [6.07, 6.45) is 3.01. The highest BCUT2D eigenvalue weighted by atomic mass is 79.9. The lowest BCUT2D eigenvalue weighted by Gasteiger charge is -2.08. The molecule has 0 unspecified atom stereocenters. The maximum atomic E-state index is 12.8. The fourth-order valence-corrected chi connectivity index (χ4v) is 3.72. The molecule has 4 aromatic rings. The first-order valence-corrected chi connectivity index (χ1v) is 10.4. The summed E-state index contributed by atoms with van der Waals surface area (Å²) in [5.74, 6) is -0.176. The number of nitrogens with one attached hydrogen (secondary N) is 1. The molecule has 0 spiro atoms. The van der Waals surface area contributed by atoms with Crippen molar-refractivity contribution in [2.75, 3.05) is 6.54 Å². The minimum absolute atomic E-state index is 0.176. The number of rotatable bonds is 6. The van der Waals surface area contributed by atoms with Gasteiger partial charge in [-0.05, 0) is 35.9 Å². The average Bonchev–Trinajstić information content (AvgIpc) is 3.14. The molecule has 152 valence electrons. The van der Waals surface area contributed by atoms with Crippen molar-refractivity contribution in [3.8, 4) is 0 Å². The summed E-state index contributed by atoms with van der Waals surface area (Å²) >= 11 is 9.37. The molecule has 0 saturated heterocycles. The Morgan fingerprint density at radius 3 is 2.80 bits per heavy atom. The van der Waals surface area contributed by atoms with E-state index in [0.717, 1.165) is 10.0 Å².